The Morgan fingerprint density at radius 1 is 1.29 bits per heavy atom. The number of aromatic amines is 1. The number of aryl methyl sites for hydroxylation is 1. The van der Waals surface area contributed by atoms with Gasteiger partial charge in [0.2, 0.25) is 5.91 Å². The van der Waals surface area contributed by atoms with Gasteiger partial charge < -0.3 is 5.32 Å². The second kappa shape index (κ2) is 9.43. The number of nitrogens with zero attached hydrogens (tertiary/aromatic N) is 3. The standard InChI is InChI=1S/C20H21ClFN5O/c1-27(13-19(28)24-17-5-2-10-23-20(17)21)11-3-4-16-12-18(26-25-16)14-6-8-15(22)9-7-14/h2,5-10,12H,3-4,11,13H2,1H3,(H,24,28)(H,25,26). The number of anilines is 1. The summed E-state index contributed by atoms with van der Waals surface area (Å²) in [5.74, 6) is -0.407. The van der Waals surface area contributed by atoms with Crippen LogP contribution in [0.25, 0.3) is 11.3 Å². The molecule has 0 aliphatic rings. The molecule has 6 nitrogen and oxygen atoms in total. The molecule has 0 aliphatic carbocycles. The number of amides is 1. The zero-order valence-electron chi connectivity index (χ0n) is 15.5. The second-order valence-electron chi connectivity index (χ2n) is 6.52. The highest BCUT2D eigenvalue weighted by Crippen LogP contribution is 2.19. The van der Waals surface area contributed by atoms with Crippen LogP contribution in [0.4, 0.5) is 10.1 Å². The van der Waals surface area contributed by atoms with E-state index in [9.17, 15) is 9.18 Å². The zero-order valence-corrected chi connectivity index (χ0v) is 16.2. The molecule has 2 aromatic heterocycles. The summed E-state index contributed by atoms with van der Waals surface area (Å²) in [5, 5.41) is 10.3. The number of pyridine rings is 1. The summed E-state index contributed by atoms with van der Waals surface area (Å²) in [6.45, 7) is 1.01. The molecule has 0 bridgehead atoms. The van der Waals surface area contributed by atoms with Gasteiger partial charge in [-0.1, -0.05) is 11.6 Å². The molecule has 146 valence electrons. The number of aromatic nitrogens is 3. The molecular weight excluding hydrogens is 381 g/mol. The molecule has 1 amide bonds. The van der Waals surface area contributed by atoms with Crippen molar-refractivity contribution < 1.29 is 9.18 Å². The van der Waals surface area contributed by atoms with Crippen LogP contribution in [0.15, 0.2) is 48.7 Å². The molecule has 3 aromatic rings. The molecule has 1 aromatic carbocycles. The van der Waals surface area contributed by atoms with Crippen molar-refractivity contribution in [2.75, 3.05) is 25.5 Å². The molecule has 28 heavy (non-hydrogen) atoms. The van der Waals surface area contributed by atoms with E-state index in [2.05, 4.69) is 20.5 Å². The normalized spacial score (nSPS) is 11.0. The van der Waals surface area contributed by atoms with Crippen molar-refractivity contribution in [2.45, 2.75) is 12.8 Å². The molecule has 0 spiro atoms. The number of H-pyrrole nitrogens is 1. The van der Waals surface area contributed by atoms with Crippen molar-refractivity contribution in [2.24, 2.45) is 0 Å². The first-order valence-corrected chi connectivity index (χ1v) is 9.28. The van der Waals surface area contributed by atoms with E-state index in [4.69, 9.17) is 11.6 Å². The van der Waals surface area contributed by atoms with Crippen molar-refractivity contribution in [3.05, 3.63) is 65.3 Å². The van der Waals surface area contributed by atoms with Crippen LogP contribution in [0, 0.1) is 5.82 Å². The summed E-state index contributed by atoms with van der Waals surface area (Å²) in [7, 11) is 1.89. The lowest BCUT2D eigenvalue weighted by Crippen LogP contribution is -2.31. The first-order valence-electron chi connectivity index (χ1n) is 8.90. The van der Waals surface area contributed by atoms with E-state index >= 15 is 0 Å². The van der Waals surface area contributed by atoms with Crippen LogP contribution in [-0.2, 0) is 11.2 Å². The first-order chi connectivity index (χ1) is 13.5. The second-order valence-corrected chi connectivity index (χ2v) is 6.87. The van der Waals surface area contributed by atoms with E-state index in [-0.39, 0.29) is 23.4 Å². The summed E-state index contributed by atoms with van der Waals surface area (Å²) in [4.78, 5) is 18.0. The third-order valence-electron chi connectivity index (χ3n) is 4.20. The van der Waals surface area contributed by atoms with Crippen LogP contribution < -0.4 is 5.32 Å². The molecule has 2 heterocycles. The molecule has 0 fully saturated rings. The number of carbonyl (C=O) groups is 1. The lowest BCUT2D eigenvalue weighted by atomic mass is 10.1. The molecule has 0 atom stereocenters. The minimum Gasteiger partial charge on any atom is -0.322 e. The van der Waals surface area contributed by atoms with Crippen molar-refractivity contribution in [1.82, 2.24) is 20.1 Å². The highest BCUT2D eigenvalue weighted by molar-refractivity contribution is 6.32. The molecule has 8 heteroatoms. The first kappa shape index (κ1) is 20.0. The van der Waals surface area contributed by atoms with E-state index in [1.807, 2.05) is 18.0 Å². The number of rotatable bonds is 8. The Balaban J connectivity index is 1.43. The van der Waals surface area contributed by atoms with Gasteiger partial charge in [0.1, 0.15) is 5.82 Å². The van der Waals surface area contributed by atoms with Gasteiger partial charge in [0, 0.05) is 17.5 Å². The van der Waals surface area contributed by atoms with E-state index < -0.39 is 0 Å². The highest BCUT2D eigenvalue weighted by atomic mass is 35.5. The fourth-order valence-electron chi connectivity index (χ4n) is 2.79. The number of hydrogen-bond donors (Lipinski definition) is 2. The van der Waals surface area contributed by atoms with Gasteiger partial charge in [-0.05, 0) is 68.9 Å². The predicted octanol–water partition coefficient (Wildman–Crippen LogP) is 3.77. The van der Waals surface area contributed by atoms with Crippen LogP contribution >= 0.6 is 11.6 Å². The fourth-order valence-corrected chi connectivity index (χ4v) is 2.96. The maximum Gasteiger partial charge on any atom is 0.238 e. The summed E-state index contributed by atoms with van der Waals surface area (Å²) in [5.41, 5.74) is 3.16. The predicted molar refractivity (Wildman–Crippen MR) is 108 cm³/mol. The van der Waals surface area contributed by atoms with Gasteiger partial charge in [-0.2, -0.15) is 5.10 Å². The average molecular weight is 402 g/mol. The van der Waals surface area contributed by atoms with Crippen molar-refractivity contribution in [3.63, 3.8) is 0 Å². The number of benzene rings is 1. The maximum absolute atomic E-state index is 13.0. The molecule has 3 rings (SSSR count). The van der Waals surface area contributed by atoms with Gasteiger partial charge in [0.25, 0.3) is 0 Å². The molecular formula is C20H21ClFN5O. The lowest BCUT2D eigenvalue weighted by molar-refractivity contribution is -0.117. The number of hydrogen-bond acceptors (Lipinski definition) is 4. The maximum atomic E-state index is 13.0. The third-order valence-corrected chi connectivity index (χ3v) is 4.50. The molecule has 2 N–H and O–H groups in total. The fraction of sp³-hybridized carbons (Fsp3) is 0.250. The van der Waals surface area contributed by atoms with Crippen LogP contribution in [0.1, 0.15) is 12.1 Å². The molecule has 0 saturated heterocycles. The summed E-state index contributed by atoms with van der Waals surface area (Å²) in [6, 6.07) is 11.6. The van der Waals surface area contributed by atoms with E-state index in [0.717, 1.165) is 36.3 Å². The summed E-state index contributed by atoms with van der Waals surface area (Å²) < 4.78 is 13.0. The van der Waals surface area contributed by atoms with Crippen molar-refractivity contribution >= 4 is 23.2 Å². The van der Waals surface area contributed by atoms with Crippen molar-refractivity contribution in [3.8, 4) is 11.3 Å². The quantitative estimate of drug-likeness (QED) is 0.563. The SMILES string of the molecule is CN(CCCc1cc(-c2ccc(F)cc2)n[nH]1)CC(=O)Nc1cccnc1Cl. The number of halogens is 2. The topological polar surface area (TPSA) is 73.9 Å². The van der Waals surface area contributed by atoms with E-state index in [0.29, 0.717) is 5.69 Å². The zero-order chi connectivity index (χ0) is 19.9. The van der Waals surface area contributed by atoms with Gasteiger partial charge in [-0.3, -0.25) is 14.8 Å². The number of nitrogens with one attached hydrogen (secondary N) is 2. The average Bonchev–Trinajstić information content (AvgIpc) is 3.13. The third kappa shape index (κ3) is 5.61. The van der Waals surface area contributed by atoms with Crippen LogP contribution in [0.5, 0.6) is 0 Å². The smallest absolute Gasteiger partial charge is 0.238 e. The molecule has 0 radical (unpaired) electrons. The summed E-state index contributed by atoms with van der Waals surface area (Å²) in [6.07, 6.45) is 3.23. The van der Waals surface area contributed by atoms with Gasteiger partial charge in [-0.15, -0.1) is 0 Å². The van der Waals surface area contributed by atoms with E-state index in [1.54, 1.807) is 30.5 Å². The van der Waals surface area contributed by atoms with Gasteiger partial charge >= 0.3 is 0 Å². The van der Waals surface area contributed by atoms with E-state index in [1.165, 1.54) is 12.1 Å². The highest BCUT2D eigenvalue weighted by Gasteiger charge is 2.10. The Morgan fingerprint density at radius 3 is 2.82 bits per heavy atom. The Kier molecular flexibility index (Phi) is 6.73. The largest absolute Gasteiger partial charge is 0.322 e. The van der Waals surface area contributed by atoms with Crippen LogP contribution in [0.2, 0.25) is 5.15 Å². The molecule has 0 saturated carbocycles. The lowest BCUT2D eigenvalue weighted by Gasteiger charge is -2.16. The number of likely N-dealkylation sites (N-methyl/N-ethyl adjacent to an activating group) is 1. The van der Waals surface area contributed by atoms with Crippen LogP contribution in [-0.4, -0.2) is 46.1 Å². The number of carbonyl (C=O) groups excluding carboxylic acids is 1. The van der Waals surface area contributed by atoms with Gasteiger partial charge in [-0.25, -0.2) is 9.37 Å². The van der Waals surface area contributed by atoms with Gasteiger partial charge in [0.05, 0.1) is 17.9 Å². The Labute approximate surface area is 167 Å². The monoisotopic (exact) mass is 401 g/mol. The van der Waals surface area contributed by atoms with Gasteiger partial charge in [0.15, 0.2) is 5.15 Å². The Morgan fingerprint density at radius 2 is 2.07 bits per heavy atom. The molecule has 0 unspecified atom stereocenters. The van der Waals surface area contributed by atoms with Crippen LogP contribution in [0.3, 0.4) is 0 Å². The van der Waals surface area contributed by atoms with Crippen molar-refractivity contribution in [1.29, 1.82) is 0 Å². The molecule has 0 aliphatic heterocycles. The Bertz CT molecular complexity index is 928. The summed E-state index contributed by atoms with van der Waals surface area (Å²) >= 11 is 5.94. The Hall–Kier alpha value is -2.77. The minimum absolute atomic E-state index is 0.141. The minimum atomic E-state index is -0.266.